The third-order valence-corrected chi connectivity index (χ3v) is 4.54. The van der Waals surface area contributed by atoms with Crippen LogP contribution in [0.25, 0.3) is 21.5 Å². The Kier molecular flexibility index (Phi) is 6.11. The van der Waals surface area contributed by atoms with Crippen LogP contribution in [0.2, 0.25) is 10.0 Å². The number of carbonyl (C=O) groups excluding carboxylic acids is 2. The van der Waals surface area contributed by atoms with E-state index in [4.69, 9.17) is 32.7 Å². The molecular formula is C20H16Cl2O6. The minimum Gasteiger partial charge on any atom is -0.481 e. The maximum atomic E-state index is 11.6. The standard InChI is InChI=1S/C20H16Cl2O6/c1-25-17(23)9-27-19-13-5-3-12(22)8-16(13)20(28-10-18(24)26-2)14-6-4-11(21)7-15(14)19/h3-8H,9-10H2,1-2H3. The van der Waals surface area contributed by atoms with Crippen molar-refractivity contribution in [2.75, 3.05) is 27.4 Å². The van der Waals surface area contributed by atoms with Gasteiger partial charge in [-0.15, -0.1) is 0 Å². The Morgan fingerprint density at radius 1 is 0.714 bits per heavy atom. The van der Waals surface area contributed by atoms with Crippen molar-refractivity contribution in [3.05, 3.63) is 46.4 Å². The molecule has 0 bridgehead atoms. The number of hydrogen-bond donors (Lipinski definition) is 0. The van der Waals surface area contributed by atoms with Gasteiger partial charge in [-0.1, -0.05) is 23.2 Å². The first-order chi connectivity index (χ1) is 13.4. The highest BCUT2D eigenvalue weighted by molar-refractivity contribution is 6.32. The molecule has 0 saturated heterocycles. The van der Waals surface area contributed by atoms with E-state index in [2.05, 4.69) is 9.47 Å². The molecule has 8 heteroatoms. The number of halogens is 2. The summed E-state index contributed by atoms with van der Waals surface area (Å²) >= 11 is 12.4. The molecule has 0 amide bonds. The number of carbonyl (C=O) groups is 2. The van der Waals surface area contributed by atoms with Gasteiger partial charge >= 0.3 is 11.9 Å². The molecule has 0 aliphatic rings. The normalized spacial score (nSPS) is 10.7. The lowest BCUT2D eigenvalue weighted by molar-refractivity contribution is -0.143. The molecule has 0 unspecified atom stereocenters. The second-order valence-corrected chi connectivity index (χ2v) is 6.64. The number of rotatable bonds is 6. The average Bonchev–Trinajstić information content (AvgIpc) is 2.69. The molecule has 6 nitrogen and oxygen atoms in total. The van der Waals surface area contributed by atoms with Crippen molar-refractivity contribution >= 4 is 56.7 Å². The van der Waals surface area contributed by atoms with Gasteiger partial charge < -0.3 is 18.9 Å². The van der Waals surface area contributed by atoms with Crippen molar-refractivity contribution in [1.29, 1.82) is 0 Å². The van der Waals surface area contributed by atoms with Crippen LogP contribution in [0.5, 0.6) is 11.5 Å². The zero-order chi connectivity index (χ0) is 20.3. The topological polar surface area (TPSA) is 71.1 Å². The molecule has 0 heterocycles. The molecule has 0 spiro atoms. The van der Waals surface area contributed by atoms with Crippen LogP contribution in [0.1, 0.15) is 0 Å². The van der Waals surface area contributed by atoms with Crippen molar-refractivity contribution in [1.82, 2.24) is 0 Å². The maximum Gasteiger partial charge on any atom is 0.343 e. The second kappa shape index (κ2) is 8.54. The number of fused-ring (bicyclic) bond motifs is 2. The molecule has 0 N–H and O–H groups in total. The quantitative estimate of drug-likeness (QED) is 0.432. The molecule has 0 radical (unpaired) electrons. The van der Waals surface area contributed by atoms with Crippen LogP contribution in [0.3, 0.4) is 0 Å². The summed E-state index contributed by atoms with van der Waals surface area (Å²) in [6.45, 7) is -0.559. The van der Waals surface area contributed by atoms with Crippen LogP contribution in [0.15, 0.2) is 36.4 Å². The van der Waals surface area contributed by atoms with Crippen LogP contribution in [-0.2, 0) is 19.1 Å². The van der Waals surface area contributed by atoms with Crippen molar-refractivity contribution in [2.24, 2.45) is 0 Å². The average molecular weight is 423 g/mol. The summed E-state index contributed by atoms with van der Waals surface area (Å²) in [4.78, 5) is 23.2. The molecule has 0 atom stereocenters. The molecule has 3 rings (SSSR count). The van der Waals surface area contributed by atoms with E-state index < -0.39 is 11.9 Å². The summed E-state index contributed by atoms with van der Waals surface area (Å²) < 4.78 is 20.8. The van der Waals surface area contributed by atoms with Crippen LogP contribution < -0.4 is 9.47 Å². The number of benzene rings is 3. The van der Waals surface area contributed by atoms with Crippen molar-refractivity contribution in [3.8, 4) is 11.5 Å². The molecule has 3 aromatic carbocycles. The molecule has 0 aromatic heterocycles. The van der Waals surface area contributed by atoms with Gasteiger partial charge in [0.1, 0.15) is 11.5 Å². The summed E-state index contributed by atoms with van der Waals surface area (Å²) in [6.07, 6.45) is 0. The van der Waals surface area contributed by atoms with Gasteiger partial charge in [0.15, 0.2) is 13.2 Å². The third-order valence-electron chi connectivity index (χ3n) is 4.07. The molecule has 146 valence electrons. The first-order valence-corrected chi connectivity index (χ1v) is 8.94. The van der Waals surface area contributed by atoms with Gasteiger partial charge in [-0.25, -0.2) is 9.59 Å². The fraction of sp³-hybridized carbons (Fsp3) is 0.200. The minimum absolute atomic E-state index is 0.280. The van der Waals surface area contributed by atoms with Crippen LogP contribution in [0, 0.1) is 0 Å². The Hall–Kier alpha value is -2.70. The van der Waals surface area contributed by atoms with E-state index >= 15 is 0 Å². The highest BCUT2D eigenvalue weighted by Gasteiger charge is 2.19. The Morgan fingerprint density at radius 3 is 1.46 bits per heavy atom. The van der Waals surface area contributed by atoms with Crippen molar-refractivity contribution in [2.45, 2.75) is 0 Å². The SMILES string of the molecule is COC(=O)COc1c2ccc(Cl)cc2c(OCC(=O)OC)c2ccc(Cl)cc12. The van der Waals surface area contributed by atoms with E-state index in [1.54, 1.807) is 36.4 Å². The lowest BCUT2D eigenvalue weighted by Gasteiger charge is -2.17. The zero-order valence-corrected chi connectivity index (χ0v) is 16.6. The van der Waals surface area contributed by atoms with Gasteiger partial charge in [-0.2, -0.15) is 0 Å². The lowest BCUT2D eigenvalue weighted by Crippen LogP contribution is -2.14. The molecule has 0 aliphatic carbocycles. The lowest BCUT2D eigenvalue weighted by atomic mass is 10.0. The van der Waals surface area contributed by atoms with Gasteiger partial charge in [0.25, 0.3) is 0 Å². The number of methoxy groups -OCH3 is 2. The van der Waals surface area contributed by atoms with E-state index in [1.807, 2.05) is 0 Å². The zero-order valence-electron chi connectivity index (χ0n) is 15.1. The van der Waals surface area contributed by atoms with E-state index in [0.29, 0.717) is 43.1 Å². The van der Waals surface area contributed by atoms with Crippen LogP contribution >= 0.6 is 23.2 Å². The van der Waals surface area contributed by atoms with Crippen LogP contribution in [-0.4, -0.2) is 39.4 Å². The fourth-order valence-corrected chi connectivity index (χ4v) is 3.13. The Bertz CT molecular complexity index is 978. The van der Waals surface area contributed by atoms with Crippen molar-refractivity contribution < 1.29 is 28.5 Å². The fourth-order valence-electron chi connectivity index (χ4n) is 2.79. The van der Waals surface area contributed by atoms with Gasteiger partial charge in [0.05, 0.1) is 14.2 Å². The van der Waals surface area contributed by atoms with Crippen LogP contribution in [0.4, 0.5) is 0 Å². The Balaban J connectivity index is 2.27. The predicted octanol–water partition coefficient (Wildman–Crippen LogP) is 4.40. The summed E-state index contributed by atoms with van der Waals surface area (Å²) in [7, 11) is 2.56. The largest absolute Gasteiger partial charge is 0.481 e. The molecule has 0 aliphatic heterocycles. The number of esters is 2. The second-order valence-electron chi connectivity index (χ2n) is 5.77. The molecular weight excluding hydrogens is 407 g/mol. The number of hydrogen-bond acceptors (Lipinski definition) is 6. The van der Waals surface area contributed by atoms with Gasteiger partial charge in [-0.3, -0.25) is 0 Å². The summed E-state index contributed by atoms with van der Waals surface area (Å²) in [6, 6.07) is 10.3. The predicted molar refractivity (Wildman–Crippen MR) is 106 cm³/mol. The molecule has 28 heavy (non-hydrogen) atoms. The Labute approximate surface area is 170 Å². The highest BCUT2D eigenvalue weighted by atomic mass is 35.5. The van der Waals surface area contributed by atoms with Gasteiger partial charge in [0.2, 0.25) is 0 Å². The minimum atomic E-state index is -0.525. The van der Waals surface area contributed by atoms with E-state index in [9.17, 15) is 9.59 Å². The summed E-state index contributed by atoms with van der Waals surface area (Å²) in [5, 5.41) is 3.47. The van der Waals surface area contributed by atoms with Crippen molar-refractivity contribution in [3.63, 3.8) is 0 Å². The highest BCUT2D eigenvalue weighted by Crippen LogP contribution is 2.44. The first-order valence-electron chi connectivity index (χ1n) is 8.18. The molecule has 3 aromatic rings. The van der Waals surface area contributed by atoms with E-state index in [-0.39, 0.29) is 13.2 Å². The van der Waals surface area contributed by atoms with Gasteiger partial charge in [-0.05, 0) is 36.4 Å². The third kappa shape index (κ3) is 4.08. The maximum absolute atomic E-state index is 11.6. The Morgan fingerprint density at radius 2 is 1.11 bits per heavy atom. The molecule has 0 saturated carbocycles. The monoisotopic (exact) mass is 422 g/mol. The van der Waals surface area contributed by atoms with E-state index in [0.717, 1.165) is 0 Å². The van der Waals surface area contributed by atoms with Gasteiger partial charge in [0, 0.05) is 31.6 Å². The molecule has 0 fully saturated rings. The summed E-state index contributed by atoms with van der Waals surface area (Å²) in [5.74, 6) is -0.188. The van der Waals surface area contributed by atoms with E-state index in [1.165, 1.54) is 14.2 Å². The summed E-state index contributed by atoms with van der Waals surface area (Å²) in [5.41, 5.74) is 0. The number of ether oxygens (including phenoxy) is 4. The smallest absolute Gasteiger partial charge is 0.343 e. The first kappa shape index (κ1) is 20.0.